The quantitative estimate of drug-likeness (QED) is 0.653. The zero-order valence-corrected chi connectivity index (χ0v) is 14.7. The fourth-order valence-corrected chi connectivity index (χ4v) is 4.47. The molecule has 0 aliphatic carbocycles. The van der Waals surface area contributed by atoms with Gasteiger partial charge in [-0.3, -0.25) is 9.78 Å². The Bertz CT molecular complexity index is 846. The highest BCUT2D eigenvalue weighted by atomic mass is 79.9. The molecular weight excluding hydrogens is 374 g/mol. The van der Waals surface area contributed by atoms with Gasteiger partial charge >= 0.3 is 0 Å². The Labute approximate surface area is 146 Å². The van der Waals surface area contributed by atoms with Gasteiger partial charge in [0.25, 0.3) is 5.91 Å². The van der Waals surface area contributed by atoms with E-state index in [0.29, 0.717) is 5.56 Å². The lowest BCUT2D eigenvalue weighted by Gasteiger charge is -2.23. The van der Waals surface area contributed by atoms with Gasteiger partial charge in [0.15, 0.2) is 0 Å². The summed E-state index contributed by atoms with van der Waals surface area (Å²) in [5.41, 5.74) is 1.63. The molecule has 3 aromatic rings. The number of amides is 1. The van der Waals surface area contributed by atoms with Gasteiger partial charge < -0.3 is 4.90 Å². The van der Waals surface area contributed by atoms with Crippen molar-refractivity contribution in [2.45, 2.75) is 18.9 Å². The van der Waals surface area contributed by atoms with E-state index in [0.717, 1.165) is 34.4 Å². The van der Waals surface area contributed by atoms with Crippen LogP contribution in [0.4, 0.5) is 0 Å². The van der Waals surface area contributed by atoms with E-state index in [9.17, 15) is 4.79 Å². The van der Waals surface area contributed by atoms with Crippen LogP contribution in [0, 0.1) is 0 Å². The minimum atomic E-state index is 0.0283. The van der Waals surface area contributed by atoms with Gasteiger partial charge in [0.05, 0.1) is 21.8 Å². The van der Waals surface area contributed by atoms with Gasteiger partial charge in [-0.25, -0.2) is 4.98 Å². The molecule has 23 heavy (non-hydrogen) atoms. The smallest absolute Gasteiger partial charge is 0.256 e. The predicted octanol–water partition coefficient (Wildman–Crippen LogP) is 4.43. The Hall–Kier alpha value is -1.79. The van der Waals surface area contributed by atoms with E-state index in [2.05, 4.69) is 27.0 Å². The molecule has 1 saturated heterocycles. The molecule has 3 heterocycles. The number of hydrogen-bond acceptors (Lipinski definition) is 4. The molecule has 4 nitrogen and oxygen atoms in total. The number of benzene rings is 1. The first-order chi connectivity index (χ1) is 11.2. The summed E-state index contributed by atoms with van der Waals surface area (Å²) in [6, 6.07) is 10.0. The second kappa shape index (κ2) is 6.02. The minimum Gasteiger partial charge on any atom is -0.329 e. The summed E-state index contributed by atoms with van der Waals surface area (Å²) in [6.45, 7) is 0.770. The maximum atomic E-state index is 12.8. The van der Waals surface area contributed by atoms with Crippen molar-refractivity contribution in [2.24, 2.45) is 0 Å². The lowest BCUT2D eigenvalue weighted by atomic mass is 10.2. The molecule has 0 N–H and O–H groups in total. The van der Waals surface area contributed by atoms with E-state index >= 15 is 0 Å². The number of aromatic nitrogens is 2. The number of rotatable bonds is 2. The van der Waals surface area contributed by atoms with Crippen molar-refractivity contribution in [3.63, 3.8) is 0 Å². The van der Waals surface area contributed by atoms with E-state index in [4.69, 9.17) is 4.98 Å². The minimum absolute atomic E-state index is 0.0283. The highest BCUT2D eigenvalue weighted by Gasteiger charge is 2.32. The molecule has 1 unspecified atom stereocenters. The Morgan fingerprint density at radius 3 is 3.00 bits per heavy atom. The Morgan fingerprint density at radius 2 is 2.17 bits per heavy atom. The number of pyridine rings is 1. The Morgan fingerprint density at radius 1 is 1.30 bits per heavy atom. The molecule has 6 heteroatoms. The monoisotopic (exact) mass is 387 g/mol. The Balaban J connectivity index is 1.67. The standard InChI is InChI=1S/C17H14BrN3OS/c18-12-8-11(9-19-10-12)17(22)21-7-3-5-14(21)16-20-13-4-1-2-6-15(13)23-16/h1-2,4,6,8-10,14H,3,5,7H2. The first-order valence-electron chi connectivity index (χ1n) is 7.49. The summed E-state index contributed by atoms with van der Waals surface area (Å²) in [5.74, 6) is 0.0283. The van der Waals surface area contributed by atoms with Crippen molar-refractivity contribution < 1.29 is 4.79 Å². The van der Waals surface area contributed by atoms with Crippen LogP contribution in [0.2, 0.25) is 0 Å². The van der Waals surface area contributed by atoms with Crippen LogP contribution in [-0.4, -0.2) is 27.3 Å². The van der Waals surface area contributed by atoms with Crippen molar-refractivity contribution >= 4 is 43.4 Å². The van der Waals surface area contributed by atoms with Crippen LogP contribution in [0.3, 0.4) is 0 Å². The molecule has 1 fully saturated rings. The van der Waals surface area contributed by atoms with Gasteiger partial charge in [-0.15, -0.1) is 11.3 Å². The number of nitrogens with zero attached hydrogens (tertiary/aromatic N) is 3. The van der Waals surface area contributed by atoms with Gasteiger partial charge in [-0.1, -0.05) is 12.1 Å². The fraction of sp³-hybridized carbons (Fsp3) is 0.235. The SMILES string of the molecule is O=C(c1cncc(Br)c1)N1CCCC1c1nc2ccccc2s1. The lowest BCUT2D eigenvalue weighted by Crippen LogP contribution is -2.30. The van der Waals surface area contributed by atoms with Crippen LogP contribution >= 0.6 is 27.3 Å². The summed E-state index contributed by atoms with van der Waals surface area (Å²) in [4.78, 5) is 23.6. The van der Waals surface area contributed by atoms with Crippen molar-refractivity contribution in [1.29, 1.82) is 0 Å². The molecular formula is C17H14BrN3OS. The molecule has 0 saturated carbocycles. The van der Waals surface area contributed by atoms with Crippen molar-refractivity contribution in [1.82, 2.24) is 14.9 Å². The van der Waals surface area contributed by atoms with Crippen LogP contribution in [-0.2, 0) is 0 Å². The molecule has 0 radical (unpaired) electrons. The first kappa shape index (κ1) is 14.8. The van der Waals surface area contributed by atoms with Crippen molar-refractivity contribution in [3.05, 3.63) is 57.8 Å². The van der Waals surface area contributed by atoms with Crippen molar-refractivity contribution in [2.75, 3.05) is 6.54 Å². The van der Waals surface area contributed by atoms with Gasteiger partial charge in [0, 0.05) is 23.4 Å². The number of halogens is 1. The van der Waals surface area contributed by atoms with E-state index < -0.39 is 0 Å². The van der Waals surface area contributed by atoms with Crippen LogP contribution in [0.25, 0.3) is 10.2 Å². The zero-order valence-electron chi connectivity index (χ0n) is 12.3. The van der Waals surface area contributed by atoms with Gasteiger partial charge in [0.1, 0.15) is 5.01 Å². The maximum absolute atomic E-state index is 12.8. The molecule has 1 aliphatic rings. The average Bonchev–Trinajstić information content (AvgIpc) is 3.20. The molecule has 1 aliphatic heterocycles. The third-order valence-corrected chi connectivity index (χ3v) is 5.63. The van der Waals surface area contributed by atoms with E-state index in [1.165, 1.54) is 4.70 Å². The van der Waals surface area contributed by atoms with Crippen LogP contribution < -0.4 is 0 Å². The third kappa shape index (κ3) is 2.77. The summed E-state index contributed by atoms with van der Waals surface area (Å²) in [5, 5.41) is 1.03. The number of likely N-dealkylation sites (tertiary alicyclic amines) is 1. The second-order valence-electron chi connectivity index (χ2n) is 5.57. The zero-order chi connectivity index (χ0) is 15.8. The second-order valence-corrected chi connectivity index (χ2v) is 7.55. The molecule has 0 spiro atoms. The number of thiazole rings is 1. The molecule has 116 valence electrons. The lowest BCUT2D eigenvalue weighted by molar-refractivity contribution is 0.0735. The molecule has 1 aromatic carbocycles. The summed E-state index contributed by atoms with van der Waals surface area (Å²) >= 11 is 5.06. The normalized spacial score (nSPS) is 17.8. The fourth-order valence-electron chi connectivity index (χ4n) is 2.99. The maximum Gasteiger partial charge on any atom is 0.256 e. The van der Waals surface area contributed by atoms with Crippen LogP contribution in [0.15, 0.2) is 47.2 Å². The molecule has 1 atom stereocenters. The molecule has 4 rings (SSSR count). The summed E-state index contributed by atoms with van der Waals surface area (Å²) < 4.78 is 1.99. The molecule has 1 amide bonds. The summed E-state index contributed by atoms with van der Waals surface area (Å²) in [7, 11) is 0. The summed E-state index contributed by atoms with van der Waals surface area (Å²) in [6.07, 6.45) is 5.29. The van der Waals surface area contributed by atoms with Crippen LogP contribution in [0.5, 0.6) is 0 Å². The van der Waals surface area contributed by atoms with E-state index in [1.807, 2.05) is 29.2 Å². The van der Waals surface area contributed by atoms with E-state index in [-0.39, 0.29) is 11.9 Å². The molecule has 2 aromatic heterocycles. The number of carbonyl (C=O) groups excluding carboxylic acids is 1. The first-order valence-corrected chi connectivity index (χ1v) is 9.10. The number of hydrogen-bond donors (Lipinski definition) is 0. The largest absolute Gasteiger partial charge is 0.329 e. The average molecular weight is 388 g/mol. The highest BCUT2D eigenvalue weighted by molar-refractivity contribution is 9.10. The number of carbonyl (C=O) groups is 1. The van der Waals surface area contributed by atoms with Crippen LogP contribution in [0.1, 0.15) is 34.2 Å². The van der Waals surface area contributed by atoms with Crippen molar-refractivity contribution in [3.8, 4) is 0 Å². The topological polar surface area (TPSA) is 46.1 Å². The van der Waals surface area contributed by atoms with Gasteiger partial charge in [-0.2, -0.15) is 0 Å². The molecule has 0 bridgehead atoms. The van der Waals surface area contributed by atoms with Gasteiger partial charge in [0.2, 0.25) is 0 Å². The van der Waals surface area contributed by atoms with Gasteiger partial charge in [-0.05, 0) is 47.0 Å². The highest BCUT2D eigenvalue weighted by Crippen LogP contribution is 2.37. The van der Waals surface area contributed by atoms with E-state index in [1.54, 1.807) is 23.7 Å². The Kier molecular flexibility index (Phi) is 3.87. The predicted molar refractivity (Wildman–Crippen MR) is 94.6 cm³/mol. The number of fused-ring (bicyclic) bond motifs is 1. The third-order valence-electron chi connectivity index (χ3n) is 4.06. The number of para-hydroxylation sites is 1.